The van der Waals surface area contributed by atoms with Crippen LogP contribution < -0.4 is 0 Å². The molecule has 4 heteroatoms. The number of hydrogen-bond donors (Lipinski definition) is 0. The van der Waals surface area contributed by atoms with Crippen LogP contribution in [0.3, 0.4) is 0 Å². The highest BCUT2D eigenvalue weighted by Crippen LogP contribution is 2.20. The van der Waals surface area contributed by atoms with Crippen LogP contribution >= 0.6 is 0 Å². The normalized spacial score (nSPS) is 10.2. The third-order valence-corrected chi connectivity index (χ3v) is 2.23. The van der Waals surface area contributed by atoms with Crippen molar-refractivity contribution in [2.45, 2.75) is 13.8 Å². The van der Waals surface area contributed by atoms with E-state index < -0.39 is 5.97 Å². The summed E-state index contributed by atoms with van der Waals surface area (Å²) >= 11 is 0. The number of ether oxygens (including phenoxy) is 1. The first kappa shape index (κ1) is 14.5. The Morgan fingerprint density at radius 2 is 2.32 bits per heavy atom. The number of rotatable bonds is 4. The molecule has 0 fully saturated rings. The summed E-state index contributed by atoms with van der Waals surface area (Å²) in [5.41, 5.74) is 1.29. The van der Waals surface area contributed by atoms with E-state index in [2.05, 4.69) is 4.85 Å². The number of esters is 1. The predicted octanol–water partition coefficient (Wildman–Crippen LogP) is 3.32. The molecule has 1 aromatic carbocycles. The molecule has 0 heterocycles. The first-order valence-electron chi connectivity index (χ1n) is 5.83. The Labute approximate surface area is 112 Å². The van der Waals surface area contributed by atoms with E-state index in [9.17, 15) is 4.79 Å². The largest absolute Gasteiger partial charge is 0.462 e. The van der Waals surface area contributed by atoms with Gasteiger partial charge in [-0.1, -0.05) is 26.0 Å². The monoisotopic (exact) mass is 254 g/mol. The summed E-state index contributed by atoms with van der Waals surface area (Å²) in [4.78, 5) is 14.6. The number of carbonyl (C=O) groups excluding carboxylic acids is 1. The SMILES string of the molecule is [C-]#[N+]c1ccc(/C=C/C(=O)OCC(C)C)cc1C#N. The van der Waals surface area contributed by atoms with Gasteiger partial charge in [-0.2, -0.15) is 5.26 Å². The van der Waals surface area contributed by atoms with Crippen molar-refractivity contribution in [1.82, 2.24) is 0 Å². The van der Waals surface area contributed by atoms with E-state index in [0.29, 0.717) is 29.3 Å². The Kier molecular flexibility index (Phi) is 5.32. The van der Waals surface area contributed by atoms with Gasteiger partial charge in [-0.3, -0.25) is 0 Å². The molecular formula is C15H14N2O2. The molecule has 0 amide bonds. The molecule has 0 saturated carbocycles. The van der Waals surface area contributed by atoms with Gasteiger partial charge in [0.25, 0.3) is 0 Å². The first-order valence-corrected chi connectivity index (χ1v) is 5.83. The lowest BCUT2D eigenvalue weighted by Gasteiger charge is -2.03. The molecular weight excluding hydrogens is 240 g/mol. The van der Waals surface area contributed by atoms with Crippen LogP contribution in [0.25, 0.3) is 10.9 Å². The van der Waals surface area contributed by atoms with Crippen molar-refractivity contribution in [3.63, 3.8) is 0 Å². The zero-order chi connectivity index (χ0) is 14.3. The highest BCUT2D eigenvalue weighted by Gasteiger charge is 2.03. The maximum absolute atomic E-state index is 11.4. The van der Waals surface area contributed by atoms with Crippen LogP contribution in [0.5, 0.6) is 0 Å². The van der Waals surface area contributed by atoms with Crippen LogP contribution in [0.2, 0.25) is 0 Å². The van der Waals surface area contributed by atoms with Crippen LogP contribution in [0, 0.1) is 23.8 Å². The number of carbonyl (C=O) groups is 1. The summed E-state index contributed by atoms with van der Waals surface area (Å²) in [6, 6.07) is 6.76. The smallest absolute Gasteiger partial charge is 0.330 e. The van der Waals surface area contributed by atoms with Crippen LogP contribution in [0.1, 0.15) is 25.0 Å². The Balaban J connectivity index is 2.76. The summed E-state index contributed by atoms with van der Waals surface area (Å²) < 4.78 is 4.99. The molecule has 0 aromatic heterocycles. The highest BCUT2D eigenvalue weighted by molar-refractivity contribution is 5.87. The van der Waals surface area contributed by atoms with E-state index in [4.69, 9.17) is 16.6 Å². The molecule has 0 aliphatic carbocycles. The number of nitrogens with zero attached hydrogens (tertiary/aromatic N) is 2. The molecule has 0 spiro atoms. The fourth-order valence-corrected chi connectivity index (χ4v) is 1.31. The minimum absolute atomic E-state index is 0.292. The summed E-state index contributed by atoms with van der Waals surface area (Å²) in [6.45, 7) is 11.2. The molecule has 0 N–H and O–H groups in total. The third kappa shape index (κ3) is 4.65. The van der Waals surface area contributed by atoms with Gasteiger partial charge in [-0.25, -0.2) is 9.64 Å². The van der Waals surface area contributed by atoms with Crippen molar-refractivity contribution in [1.29, 1.82) is 5.26 Å². The number of benzene rings is 1. The topological polar surface area (TPSA) is 54.5 Å². The van der Waals surface area contributed by atoms with Crippen molar-refractivity contribution in [3.05, 3.63) is 46.8 Å². The van der Waals surface area contributed by atoms with Crippen LogP contribution in [0.15, 0.2) is 24.3 Å². The summed E-state index contributed by atoms with van der Waals surface area (Å²) in [5, 5.41) is 8.89. The van der Waals surface area contributed by atoms with E-state index in [1.165, 1.54) is 6.08 Å². The predicted molar refractivity (Wildman–Crippen MR) is 72.3 cm³/mol. The molecule has 1 aromatic rings. The van der Waals surface area contributed by atoms with Gasteiger partial charge in [0.05, 0.1) is 24.8 Å². The minimum Gasteiger partial charge on any atom is -0.462 e. The zero-order valence-corrected chi connectivity index (χ0v) is 10.9. The fourth-order valence-electron chi connectivity index (χ4n) is 1.31. The molecule has 0 bridgehead atoms. The van der Waals surface area contributed by atoms with Gasteiger partial charge in [-0.05, 0) is 23.6 Å². The summed E-state index contributed by atoms with van der Waals surface area (Å²) in [7, 11) is 0. The lowest BCUT2D eigenvalue weighted by Crippen LogP contribution is -2.06. The van der Waals surface area contributed by atoms with Gasteiger partial charge < -0.3 is 4.74 Å². The second-order valence-electron chi connectivity index (χ2n) is 4.36. The van der Waals surface area contributed by atoms with Gasteiger partial charge >= 0.3 is 5.97 Å². The number of nitriles is 1. The molecule has 0 aliphatic rings. The van der Waals surface area contributed by atoms with E-state index in [0.717, 1.165) is 0 Å². The van der Waals surface area contributed by atoms with Crippen LogP contribution in [0.4, 0.5) is 5.69 Å². The number of hydrogen-bond acceptors (Lipinski definition) is 3. The molecule has 0 radical (unpaired) electrons. The molecule has 0 atom stereocenters. The highest BCUT2D eigenvalue weighted by atomic mass is 16.5. The van der Waals surface area contributed by atoms with E-state index in [-0.39, 0.29) is 0 Å². The third-order valence-electron chi connectivity index (χ3n) is 2.23. The molecule has 1 rings (SSSR count). The van der Waals surface area contributed by atoms with E-state index in [1.807, 2.05) is 19.9 Å². The lowest BCUT2D eigenvalue weighted by molar-refractivity contribution is -0.138. The van der Waals surface area contributed by atoms with Crippen LogP contribution in [-0.4, -0.2) is 12.6 Å². The second-order valence-corrected chi connectivity index (χ2v) is 4.36. The van der Waals surface area contributed by atoms with Crippen molar-refractivity contribution >= 4 is 17.7 Å². The summed E-state index contributed by atoms with van der Waals surface area (Å²) in [6.07, 6.45) is 2.88. The molecule has 96 valence electrons. The Hall–Kier alpha value is -2.59. The Bertz CT molecular complexity index is 575. The van der Waals surface area contributed by atoms with Gasteiger partial charge in [0, 0.05) is 6.08 Å². The van der Waals surface area contributed by atoms with Gasteiger partial charge in [-0.15, -0.1) is 0 Å². The maximum Gasteiger partial charge on any atom is 0.330 e. The van der Waals surface area contributed by atoms with Gasteiger partial charge in [0.15, 0.2) is 0 Å². The quantitative estimate of drug-likeness (QED) is 0.470. The van der Waals surface area contributed by atoms with E-state index in [1.54, 1.807) is 24.3 Å². The van der Waals surface area contributed by atoms with Crippen molar-refractivity contribution in [2.24, 2.45) is 5.92 Å². The zero-order valence-electron chi connectivity index (χ0n) is 10.9. The Morgan fingerprint density at radius 1 is 1.58 bits per heavy atom. The van der Waals surface area contributed by atoms with Gasteiger partial charge in [0.1, 0.15) is 0 Å². The summed E-state index contributed by atoms with van der Waals surface area (Å²) in [5.74, 6) is -0.123. The van der Waals surface area contributed by atoms with Crippen molar-refractivity contribution in [2.75, 3.05) is 6.61 Å². The van der Waals surface area contributed by atoms with Gasteiger partial charge in [0.2, 0.25) is 5.69 Å². The van der Waals surface area contributed by atoms with Crippen molar-refractivity contribution < 1.29 is 9.53 Å². The molecule has 19 heavy (non-hydrogen) atoms. The standard InChI is InChI=1S/C15H14N2O2/c1-11(2)10-19-15(18)7-5-12-4-6-14(17-3)13(8-12)9-16/h4-8,11H,10H2,1-2H3/b7-5+. The average Bonchev–Trinajstić information content (AvgIpc) is 2.42. The molecule has 4 nitrogen and oxygen atoms in total. The lowest BCUT2D eigenvalue weighted by atomic mass is 10.1. The average molecular weight is 254 g/mol. The molecule has 0 aliphatic heterocycles. The van der Waals surface area contributed by atoms with E-state index >= 15 is 0 Å². The second kappa shape index (κ2) is 6.98. The molecule has 0 unspecified atom stereocenters. The maximum atomic E-state index is 11.4. The van der Waals surface area contributed by atoms with Crippen LogP contribution in [-0.2, 0) is 9.53 Å². The minimum atomic E-state index is -0.415. The molecule has 0 saturated heterocycles. The Morgan fingerprint density at radius 3 is 2.89 bits per heavy atom. The fraction of sp³-hybridized carbons (Fsp3) is 0.267. The first-order chi connectivity index (χ1) is 9.06. The van der Waals surface area contributed by atoms with Crippen molar-refractivity contribution in [3.8, 4) is 6.07 Å².